The van der Waals surface area contributed by atoms with Crippen LogP contribution in [0.25, 0.3) is 11.1 Å². The Hall–Kier alpha value is -3.36. The Bertz CT molecular complexity index is 1010. The second-order valence-electron chi connectivity index (χ2n) is 7.13. The molecule has 160 valence electrons. The van der Waals surface area contributed by atoms with E-state index in [0.29, 0.717) is 38.4 Å². The number of benzene rings is 2. The maximum atomic E-state index is 14.5. The van der Waals surface area contributed by atoms with Crippen LogP contribution in [-0.2, 0) is 22.5 Å². The van der Waals surface area contributed by atoms with Gasteiger partial charge < -0.3 is 14.9 Å². The first-order valence-corrected chi connectivity index (χ1v) is 10.1. The van der Waals surface area contributed by atoms with E-state index in [1.807, 2.05) is 30.3 Å². The number of nitrogens with zero attached hydrogens (tertiary/aromatic N) is 3. The Morgan fingerprint density at radius 2 is 1.81 bits per heavy atom. The number of amides is 1. The Morgan fingerprint density at radius 3 is 2.52 bits per heavy atom. The molecule has 0 atom stereocenters. The van der Waals surface area contributed by atoms with Crippen molar-refractivity contribution < 1.29 is 18.8 Å². The normalized spacial score (nSPS) is 14.2. The number of halogens is 1. The zero-order valence-electron chi connectivity index (χ0n) is 17.0. The number of ether oxygens (including phenoxy) is 1. The summed E-state index contributed by atoms with van der Waals surface area (Å²) in [5.41, 5.74) is 2.78. The predicted molar refractivity (Wildman–Crippen MR) is 112 cm³/mol. The maximum absolute atomic E-state index is 14.5. The largest absolute Gasteiger partial charge is 0.379 e. The zero-order chi connectivity index (χ0) is 21.5. The van der Waals surface area contributed by atoms with Crippen molar-refractivity contribution in [2.75, 3.05) is 26.3 Å². The molecule has 0 saturated carbocycles. The van der Waals surface area contributed by atoms with Gasteiger partial charge >= 0.3 is 6.01 Å². The van der Waals surface area contributed by atoms with Crippen LogP contribution in [0.1, 0.15) is 11.1 Å². The molecule has 4 rings (SSSR count). The fourth-order valence-electron chi connectivity index (χ4n) is 3.18. The van der Waals surface area contributed by atoms with Gasteiger partial charge in [0.05, 0.1) is 38.3 Å². The summed E-state index contributed by atoms with van der Waals surface area (Å²) in [7, 11) is 0. The first-order valence-electron chi connectivity index (χ1n) is 10.1. The molecule has 0 aliphatic carbocycles. The zero-order valence-corrected chi connectivity index (χ0v) is 17.0. The van der Waals surface area contributed by atoms with Crippen molar-refractivity contribution in [2.45, 2.75) is 13.0 Å². The number of nitrogens with one attached hydrogen (secondary N) is 1. The second kappa shape index (κ2) is 10.1. The molecular weight excluding hydrogens is 399 g/mol. The number of aromatic nitrogens is 2. The van der Waals surface area contributed by atoms with E-state index in [0.717, 1.165) is 11.1 Å². The molecule has 2 heterocycles. The molecule has 0 radical (unpaired) electrons. The van der Waals surface area contributed by atoms with Gasteiger partial charge in [-0.15, -0.1) is 5.06 Å². The number of carbonyl (C=O) groups excluding carboxylic acids is 1. The summed E-state index contributed by atoms with van der Waals surface area (Å²) in [6.07, 6.45) is 1.65. The smallest absolute Gasteiger partial charge is 0.338 e. The summed E-state index contributed by atoms with van der Waals surface area (Å²) >= 11 is 0. The minimum atomic E-state index is -0.661. The van der Waals surface area contributed by atoms with Crippen LogP contribution < -0.4 is 10.2 Å². The molecule has 8 heteroatoms. The van der Waals surface area contributed by atoms with Gasteiger partial charge in [0.15, 0.2) is 0 Å². The van der Waals surface area contributed by atoms with Crippen LogP contribution in [0.4, 0.5) is 4.39 Å². The van der Waals surface area contributed by atoms with Gasteiger partial charge in [0, 0.05) is 12.7 Å². The molecule has 0 unspecified atom stereocenters. The van der Waals surface area contributed by atoms with E-state index in [4.69, 9.17) is 9.57 Å². The van der Waals surface area contributed by atoms with Crippen molar-refractivity contribution in [3.8, 4) is 17.1 Å². The fraction of sp³-hybridized carbons (Fsp3) is 0.261. The molecule has 31 heavy (non-hydrogen) atoms. The van der Waals surface area contributed by atoms with Crippen molar-refractivity contribution >= 4 is 5.91 Å². The lowest BCUT2D eigenvalue weighted by atomic mass is 10.0. The van der Waals surface area contributed by atoms with Gasteiger partial charge in [-0.2, -0.15) is 9.37 Å². The van der Waals surface area contributed by atoms with Crippen LogP contribution in [0.3, 0.4) is 0 Å². The molecule has 1 saturated heterocycles. The molecule has 1 aliphatic heterocycles. The standard InChI is InChI=1S/C23H23FN4O3/c24-22-20(16-26-23(27-22)31-28-10-12-30-13-11-28)19-8-6-17(7-9-19)14-21(29)25-15-18-4-2-1-3-5-18/h1-9,16H,10-15H2,(H,25,29). The van der Waals surface area contributed by atoms with E-state index >= 15 is 0 Å². The van der Waals surface area contributed by atoms with Gasteiger partial charge in [-0.3, -0.25) is 4.79 Å². The van der Waals surface area contributed by atoms with E-state index in [1.165, 1.54) is 6.20 Å². The number of hydroxylamine groups is 2. The minimum Gasteiger partial charge on any atom is -0.379 e. The molecule has 1 N–H and O–H groups in total. The van der Waals surface area contributed by atoms with Crippen LogP contribution in [0.5, 0.6) is 6.01 Å². The van der Waals surface area contributed by atoms with E-state index in [-0.39, 0.29) is 23.9 Å². The van der Waals surface area contributed by atoms with E-state index in [2.05, 4.69) is 15.3 Å². The van der Waals surface area contributed by atoms with Gasteiger partial charge in [0.1, 0.15) is 0 Å². The van der Waals surface area contributed by atoms with Gasteiger partial charge in [-0.25, -0.2) is 4.98 Å². The highest BCUT2D eigenvalue weighted by molar-refractivity contribution is 5.78. The van der Waals surface area contributed by atoms with Crippen LogP contribution >= 0.6 is 0 Å². The van der Waals surface area contributed by atoms with Crippen molar-refractivity contribution in [3.63, 3.8) is 0 Å². The highest BCUT2D eigenvalue weighted by atomic mass is 19.1. The van der Waals surface area contributed by atoms with Crippen molar-refractivity contribution in [2.24, 2.45) is 0 Å². The molecule has 1 amide bonds. The van der Waals surface area contributed by atoms with Crippen LogP contribution in [-0.4, -0.2) is 47.2 Å². The van der Waals surface area contributed by atoms with Crippen molar-refractivity contribution in [3.05, 3.63) is 77.9 Å². The minimum absolute atomic E-state index is 0.0325. The predicted octanol–water partition coefficient (Wildman–Crippen LogP) is 2.77. The van der Waals surface area contributed by atoms with E-state index < -0.39 is 5.95 Å². The molecule has 0 spiro atoms. The Kier molecular flexibility index (Phi) is 6.81. The van der Waals surface area contributed by atoms with Crippen LogP contribution in [0, 0.1) is 5.95 Å². The summed E-state index contributed by atoms with van der Waals surface area (Å²) in [6, 6.07) is 16.8. The maximum Gasteiger partial charge on any atom is 0.338 e. The number of hydrogen-bond acceptors (Lipinski definition) is 6. The highest BCUT2D eigenvalue weighted by Crippen LogP contribution is 2.23. The van der Waals surface area contributed by atoms with Gasteiger partial charge in [-0.05, 0) is 16.7 Å². The summed E-state index contributed by atoms with van der Waals surface area (Å²) in [6.45, 7) is 2.74. The van der Waals surface area contributed by atoms with Crippen molar-refractivity contribution in [1.29, 1.82) is 0 Å². The summed E-state index contributed by atoms with van der Waals surface area (Å²) < 4.78 is 19.8. The SMILES string of the molecule is O=C(Cc1ccc(-c2cnc(ON3CCOCC3)nc2F)cc1)NCc1ccccc1. The summed E-state index contributed by atoms with van der Waals surface area (Å²) in [5.74, 6) is -0.734. The molecule has 1 aromatic heterocycles. The van der Waals surface area contributed by atoms with Crippen LogP contribution in [0.2, 0.25) is 0 Å². The third-order valence-electron chi connectivity index (χ3n) is 4.86. The number of rotatable bonds is 7. The lowest BCUT2D eigenvalue weighted by Gasteiger charge is -2.24. The van der Waals surface area contributed by atoms with Gasteiger partial charge in [-0.1, -0.05) is 54.6 Å². The van der Waals surface area contributed by atoms with Crippen molar-refractivity contribution in [1.82, 2.24) is 20.3 Å². The Morgan fingerprint density at radius 1 is 1.06 bits per heavy atom. The van der Waals surface area contributed by atoms with Crippen LogP contribution in [0.15, 0.2) is 60.8 Å². The molecule has 1 aliphatic rings. The Balaban J connectivity index is 1.34. The van der Waals surface area contributed by atoms with Gasteiger partial charge in [0.2, 0.25) is 11.9 Å². The molecule has 7 nitrogen and oxygen atoms in total. The fourth-order valence-corrected chi connectivity index (χ4v) is 3.18. The lowest BCUT2D eigenvalue weighted by Crippen LogP contribution is -2.39. The quantitative estimate of drug-likeness (QED) is 0.590. The Labute approximate surface area is 179 Å². The first kappa shape index (κ1) is 20.9. The third-order valence-corrected chi connectivity index (χ3v) is 4.86. The monoisotopic (exact) mass is 422 g/mol. The van der Waals surface area contributed by atoms with E-state index in [1.54, 1.807) is 29.3 Å². The molecule has 1 fully saturated rings. The molecular formula is C23H23FN4O3. The molecule has 3 aromatic rings. The molecule has 2 aromatic carbocycles. The highest BCUT2D eigenvalue weighted by Gasteiger charge is 2.16. The van der Waals surface area contributed by atoms with Gasteiger partial charge in [0.25, 0.3) is 0 Å². The summed E-state index contributed by atoms with van der Waals surface area (Å²) in [4.78, 5) is 25.6. The third kappa shape index (κ3) is 5.84. The van der Waals surface area contributed by atoms with E-state index in [9.17, 15) is 9.18 Å². The average molecular weight is 422 g/mol. The second-order valence-corrected chi connectivity index (χ2v) is 7.13. The topological polar surface area (TPSA) is 76.6 Å². The number of morpholine rings is 1. The first-order chi connectivity index (χ1) is 15.2. The summed E-state index contributed by atoms with van der Waals surface area (Å²) in [5, 5.41) is 4.55. The number of carbonyl (C=O) groups is 1. The molecule has 0 bridgehead atoms. The lowest BCUT2D eigenvalue weighted by molar-refractivity contribution is -0.124. The number of hydrogen-bond donors (Lipinski definition) is 1. The average Bonchev–Trinajstić information content (AvgIpc) is 2.80.